The van der Waals surface area contributed by atoms with Crippen molar-refractivity contribution in [2.24, 2.45) is 0 Å². The number of hydrogen-bond donors (Lipinski definition) is 0. The van der Waals surface area contributed by atoms with E-state index < -0.39 is 0 Å². The first kappa shape index (κ1) is 30.9. The molecule has 0 bridgehead atoms. The van der Waals surface area contributed by atoms with E-state index in [1.165, 1.54) is 53.8 Å². The second kappa shape index (κ2) is 21.0. The molecular weight excluding hydrogens is 486 g/mol. The van der Waals surface area contributed by atoms with Gasteiger partial charge in [-0.15, -0.1) is 37.7 Å². The van der Waals surface area contributed by atoms with E-state index in [2.05, 4.69) is 90.9 Å². The van der Waals surface area contributed by atoms with Gasteiger partial charge in [-0.25, -0.2) is 18.2 Å². The Morgan fingerprint density at radius 1 is 0.800 bits per heavy atom. The molecule has 0 saturated heterocycles. The first-order valence-corrected chi connectivity index (χ1v) is 11.5. The Labute approximate surface area is 211 Å². The zero-order valence-electron chi connectivity index (χ0n) is 17.9. The van der Waals surface area contributed by atoms with Gasteiger partial charge in [0.05, 0.1) is 0 Å². The molecule has 2 aromatic rings. The van der Waals surface area contributed by atoms with Crippen LogP contribution in [0.5, 0.6) is 0 Å². The minimum Gasteiger partial charge on any atom is -0.0622 e. The summed E-state index contributed by atoms with van der Waals surface area (Å²) < 4.78 is 3.34. The summed E-state index contributed by atoms with van der Waals surface area (Å²) in [5.41, 5.74) is 5.64. The van der Waals surface area contributed by atoms with E-state index in [1.54, 1.807) is 5.57 Å². The maximum atomic E-state index is 3.34. The number of benzene rings is 2. The van der Waals surface area contributed by atoms with Gasteiger partial charge < -0.3 is 0 Å². The first-order valence-electron chi connectivity index (χ1n) is 9.80. The Morgan fingerprint density at radius 2 is 1.33 bits per heavy atom. The summed E-state index contributed by atoms with van der Waals surface area (Å²) in [6, 6.07) is 20.8. The van der Waals surface area contributed by atoms with Crippen molar-refractivity contribution in [2.45, 2.75) is 39.5 Å². The van der Waals surface area contributed by atoms with Crippen LogP contribution in [0.15, 0.2) is 96.1 Å². The van der Waals surface area contributed by atoms with Crippen LogP contribution in [0.1, 0.15) is 39.5 Å². The van der Waals surface area contributed by atoms with E-state index in [0.717, 1.165) is 12.8 Å². The molecule has 0 N–H and O–H groups in total. The minimum atomic E-state index is 0. The molecule has 30 heavy (non-hydrogen) atoms. The molecule has 0 spiro atoms. The Hall–Kier alpha value is -1.27. The van der Waals surface area contributed by atoms with Crippen LogP contribution >= 0.6 is 24.8 Å². The van der Waals surface area contributed by atoms with E-state index in [-0.39, 0.29) is 24.8 Å². The predicted octanol–water partition coefficient (Wildman–Crippen LogP) is 8.33. The van der Waals surface area contributed by atoms with E-state index in [4.69, 9.17) is 0 Å². The van der Waals surface area contributed by atoms with Crippen molar-refractivity contribution in [3.05, 3.63) is 108 Å². The van der Waals surface area contributed by atoms with Gasteiger partial charge in [-0.05, 0) is 11.1 Å². The predicted molar refractivity (Wildman–Crippen MR) is 135 cm³/mol. The summed E-state index contributed by atoms with van der Waals surface area (Å²) in [6.45, 7) is 4.42. The van der Waals surface area contributed by atoms with Crippen LogP contribution in [-0.4, -0.2) is 4.21 Å². The fraction of sp³-hybridized carbons (Fsp3) is 0.222. The molecular formula is C27H32Cl2Zr. The van der Waals surface area contributed by atoms with Gasteiger partial charge in [0, 0.05) is 0 Å². The van der Waals surface area contributed by atoms with Crippen molar-refractivity contribution in [3.63, 3.8) is 0 Å². The third kappa shape index (κ3) is 12.4. The van der Waals surface area contributed by atoms with Crippen LogP contribution in [0, 0.1) is 12.2 Å². The van der Waals surface area contributed by atoms with E-state index in [9.17, 15) is 0 Å². The zero-order valence-corrected chi connectivity index (χ0v) is 22.0. The second-order valence-corrected chi connectivity index (χ2v) is 6.10. The molecule has 2 aromatic carbocycles. The van der Waals surface area contributed by atoms with Gasteiger partial charge in [-0.2, -0.15) is 17.2 Å². The average Bonchev–Trinajstić information content (AvgIpc) is 3.51. The van der Waals surface area contributed by atoms with Crippen LogP contribution < -0.4 is 0 Å². The molecule has 0 fully saturated rings. The molecule has 3 heteroatoms. The SMILES string of the molecule is CCC1=C(CC)C[C-]=C1.Cl.Cl.[C-]1=CC=CC1.[CH2]=[Zr+2].c1ccc(-c2ccccc2)cc1. The van der Waals surface area contributed by atoms with Gasteiger partial charge in [0.1, 0.15) is 0 Å². The molecule has 0 amide bonds. The number of hydrogen-bond acceptors (Lipinski definition) is 0. The fourth-order valence-corrected chi connectivity index (χ4v) is 2.82. The van der Waals surface area contributed by atoms with Crippen molar-refractivity contribution in [1.82, 2.24) is 0 Å². The van der Waals surface area contributed by atoms with Crippen molar-refractivity contribution in [2.75, 3.05) is 0 Å². The molecule has 2 aliphatic carbocycles. The number of halogens is 2. The Bertz CT molecular complexity index is 728. The molecule has 4 rings (SSSR count). The summed E-state index contributed by atoms with van der Waals surface area (Å²) in [5.74, 6) is 0. The Balaban J connectivity index is 0. The quantitative estimate of drug-likeness (QED) is 0.358. The largest absolute Gasteiger partial charge is 0.0622 e. The van der Waals surface area contributed by atoms with Crippen molar-refractivity contribution < 1.29 is 24.2 Å². The smallest absolute Gasteiger partial charge is 0.0184 e. The van der Waals surface area contributed by atoms with Crippen LogP contribution in [0.4, 0.5) is 0 Å². The van der Waals surface area contributed by atoms with Crippen molar-refractivity contribution in [3.8, 4) is 11.1 Å². The normalized spacial score (nSPS) is 12.3. The third-order valence-electron chi connectivity index (χ3n) is 4.32. The van der Waals surface area contributed by atoms with Crippen molar-refractivity contribution in [1.29, 1.82) is 0 Å². The number of rotatable bonds is 3. The van der Waals surface area contributed by atoms with Gasteiger partial charge >= 0.3 is 28.4 Å². The summed E-state index contributed by atoms with van der Waals surface area (Å²) in [4.78, 5) is 0. The minimum absolute atomic E-state index is 0. The summed E-state index contributed by atoms with van der Waals surface area (Å²) in [6.07, 6.45) is 18.8. The molecule has 158 valence electrons. The topological polar surface area (TPSA) is 0 Å². The molecule has 0 unspecified atom stereocenters. The third-order valence-corrected chi connectivity index (χ3v) is 4.32. The first-order chi connectivity index (χ1) is 13.8. The van der Waals surface area contributed by atoms with E-state index in [1.807, 2.05) is 24.3 Å². The molecule has 2 aliphatic rings. The van der Waals surface area contributed by atoms with Gasteiger partial charge in [0.2, 0.25) is 0 Å². The molecule has 0 nitrogen and oxygen atoms in total. The Morgan fingerprint density at radius 3 is 1.63 bits per heavy atom. The van der Waals surface area contributed by atoms with Gasteiger partial charge in [0.25, 0.3) is 0 Å². The average molecular weight is 519 g/mol. The maximum Gasteiger partial charge on any atom is -0.0184 e. The summed E-state index contributed by atoms with van der Waals surface area (Å²) in [5, 5.41) is 0. The van der Waals surface area contributed by atoms with Crippen LogP contribution in [-0.2, 0) is 24.2 Å². The Kier molecular flexibility index (Phi) is 21.6. The molecule has 0 aromatic heterocycles. The molecule has 0 radical (unpaired) electrons. The molecule has 0 aliphatic heterocycles. The van der Waals surface area contributed by atoms with Gasteiger partial charge in [0.15, 0.2) is 0 Å². The fourth-order valence-electron chi connectivity index (χ4n) is 2.82. The standard InChI is InChI=1S/C12H10.C9H13.C5H5.CH2.2ClH.Zr/c1-3-7-11(8-4-1)12-9-5-2-6-10-12;1-3-8-6-5-7-9(8)4-2;1-2-4-5-3-1;;;;/h1-10H;6H,3-4,7H2,1-2H3;1-3H,4H2;1H2;2*1H;/q;2*-1;;;;+2. The maximum absolute atomic E-state index is 3.34. The molecule has 0 atom stereocenters. The van der Waals surface area contributed by atoms with Crippen LogP contribution in [0.3, 0.4) is 0 Å². The summed E-state index contributed by atoms with van der Waals surface area (Å²) in [7, 11) is 0. The van der Waals surface area contributed by atoms with Gasteiger partial charge in [-0.3, -0.25) is 12.2 Å². The van der Waals surface area contributed by atoms with E-state index >= 15 is 0 Å². The molecule has 0 heterocycles. The number of allylic oxidation sites excluding steroid dienone is 8. The second-order valence-electron chi connectivity index (χ2n) is 6.10. The van der Waals surface area contributed by atoms with Crippen LogP contribution in [0.25, 0.3) is 11.1 Å². The molecule has 0 saturated carbocycles. The van der Waals surface area contributed by atoms with Crippen molar-refractivity contribution >= 4 is 29.0 Å². The van der Waals surface area contributed by atoms with E-state index in [0.29, 0.717) is 0 Å². The summed E-state index contributed by atoms with van der Waals surface area (Å²) >= 11 is 1.30. The van der Waals surface area contributed by atoms with Crippen LogP contribution in [0.2, 0.25) is 0 Å². The van der Waals surface area contributed by atoms with Gasteiger partial charge in [-0.1, -0.05) is 87.4 Å². The monoisotopic (exact) mass is 516 g/mol. The zero-order chi connectivity index (χ0) is 20.5.